The molecule has 0 aliphatic carbocycles. The maximum absolute atomic E-state index is 11.1. The average Bonchev–Trinajstić information content (AvgIpc) is 2.53. The number of carboxylic acids is 1. The maximum atomic E-state index is 11.1. The van der Waals surface area contributed by atoms with E-state index < -0.39 is 12.0 Å². The van der Waals surface area contributed by atoms with Crippen molar-refractivity contribution < 1.29 is 40.9 Å². The van der Waals surface area contributed by atoms with Crippen LogP contribution in [0.1, 0.15) is 112 Å². The van der Waals surface area contributed by atoms with Crippen molar-refractivity contribution in [1.82, 2.24) is 5.32 Å². The van der Waals surface area contributed by atoms with E-state index in [0.29, 0.717) is 0 Å². The van der Waals surface area contributed by atoms with E-state index in [9.17, 15) is 4.79 Å². The number of nitrogens with one attached hydrogen (secondary N) is 1. The molecule has 0 spiro atoms. The van der Waals surface area contributed by atoms with Crippen molar-refractivity contribution in [2.75, 3.05) is 6.54 Å². The van der Waals surface area contributed by atoms with Gasteiger partial charge in [-0.15, -0.1) is 0 Å². The Labute approximate surface area is 180 Å². The molecule has 0 bridgehead atoms. The molecule has 146 valence electrons. The standard InChI is InChI=1S/C21H43NO2.Na.H/c1-4-5-6-7-8-9-10-11-12-13-14-15-16-17-18-22-20(19(2)3)21(23)24;;/h19-20,22H,4-18H2,1-3H3,(H,23,24);;/q;+1;-1. The molecule has 0 aliphatic heterocycles. The third kappa shape index (κ3) is 19.0. The fraction of sp³-hybridized carbons (Fsp3) is 0.952. The second kappa shape index (κ2) is 20.7. The second-order valence-electron chi connectivity index (χ2n) is 7.61. The first kappa shape index (κ1) is 27.6. The zero-order chi connectivity index (χ0) is 18.0. The summed E-state index contributed by atoms with van der Waals surface area (Å²) in [5.41, 5.74) is 0. The molecule has 25 heavy (non-hydrogen) atoms. The van der Waals surface area contributed by atoms with Crippen LogP contribution in [-0.2, 0) is 4.79 Å². The van der Waals surface area contributed by atoms with Crippen LogP contribution in [0.3, 0.4) is 0 Å². The van der Waals surface area contributed by atoms with Crippen molar-refractivity contribution in [2.45, 2.75) is 117 Å². The van der Waals surface area contributed by atoms with Gasteiger partial charge in [0.05, 0.1) is 0 Å². The first-order chi connectivity index (χ1) is 11.6. The van der Waals surface area contributed by atoms with Crippen LogP contribution in [0.15, 0.2) is 0 Å². The molecule has 0 aromatic carbocycles. The Morgan fingerprint density at radius 2 is 1.16 bits per heavy atom. The van der Waals surface area contributed by atoms with E-state index in [0.717, 1.165) is 13.0 Å². The number of carboxylic acid groups (broad SMARTS) is 1. The summed E-state index contributed by atoms with van der Waals surface area (Å²) in [6, 6.07) is -0.396. The fourth-order valence-electron chi connectivity index (χ4n) is 3.19. The predicted molar refractivity (Wildman–Crippen MR) is 106 cm³/mol. The predicted octanol–water partition coefficient (Wildman–Crippen LogP) is 3.28. The summed E-state index contributed by atoms with van der Waals surface area (Å²) in [6.45, 7) is 7.01. The van der Waals surface area contributed by atoms with Crippen LogP contribution in [0.5, 0.6) is 0 Å². The van der Waals surface area contributed by atoms with Crippen molar-refractivity contribution in [3.63, 3.8) is 0 Å². The van der Waals surface area contributed by atoms with Gasteiger partial charge in [0.15, 0.2) is 0 Å². The van der Waals surface area contributed by atoms with Crippen LogP contribution in [0.2, 0.25) is 0 Å². The van der Waals surface area contributed by atoms with Crippen LogP contribution in [0.4, 0.5) is 0 Å². The van der Waals surface area contributed by atoms with Gasteiger partial charge in [0.1, 0.15) is 6.04 Å². The van der Waals surface area contributed by atoms with Gasteiger partial charge in [0.2, 0.25) is 0 Å². The number of hydrogen-bond donors (Lipinski definition) is 2. The molecular formula is C21H44NNaO2. The Hall–Kier alpha value is 0.430. The third-order valence-corrected chi connectivity index (χ3v) is 4.83. The summed E-state index contributed by atoms with van der Waals surface area (Å²) >= 11 is 0. The molecule has 0 rings (SSSR count). The smallest absolute Gasteiger partial charge is 1.00 e. The third-order valence-electron chi connectivity index (χ3n) is 4.83. The van der Waals surface area contributed by atoms with Gasteiger partial charge in [-0.3, -0.25) is 4.79 Å². The van der Waals surface area contributed by atoms with Crippen LogP contribution in [0.25, 0.3) is 0 Å². The monoisotopic (exact) mass is 365 g/mol. The Morgan fingerprint density at radius 1 is 0.800 bits per heavy atom. The summed E-state index contributed by atoms with van der Waals surface area (Å²) in [4.78, 5) is 11.1. The molecule has 1 atom stereocenters. The van der Waals surface area contributed by atoms with Gasteiger partial charge < -0.3 is 11.8 Å². The van der Waals surface area contributed by atoms with Crippen molar-refractivity contribution in [3.8, 4) is 0 Å². The van der Waals surface area contributed by atoms with E-state index in [2.05, 4.69) is 12.2 Å². The van der Waals surface area contributed by atoms with Crippen molar-refractivity contribution in [3.05, 3.63) is 0 Å². The summed E-state index contributed by atoms with van der Waals surface area (Å²) < 4.78 is 0. The molecule has 0 fully saturated rings. The number of carbonyl (C=O) groups is 1. The van der Waals surface area contributed by atoms with Gasteiger partial charge in [-0.2, -0.15) is 0 Å². The quantitative estimate of drug-likeness (QED) is 0.289. The van der Waals surface area contributed by atoms with Crippen LogP contribution < -0.4 is 34.9 Å². The minimum absolute atomic E-state index is 0. The molecule has 3 nitrogen and oxygen atoms in total. The van der Waals surface area contributed by atoms with E-state index in [1.54, 1.807) is 0 Å². The summed E-state index contributed by atoms with van der Waals surface area (Å²) in [7, 11) is 0. The molecule has 0 radical (unpaired) electrons. The van der Waals surface area contributed by atoms with Gasteiger partial charge >= 0.3 is 35.5 Å². The van der Waals surface area contributed by atoms with Gasteiger partial charge in [0, 0.05) is 0 Å². The minimum Gasteiger partial charge on any atom is -1.00 e. The largest absolute Gasteiger partial charge is 1.00 e. The Bertz CT molecular complexity index is 291. The first-order valence-corrected chi connectivity index (χ1v) is 10.6. The van der Waals surface area contributed by atoms with E-state index in [4.69, 9.17) is 5.11 Å². The van der Waals surface area contributed by atoms with Crippen molar-refractivity contribution in [2.24, 2.45) is 5.92 Å². The van der Waals surface area contributed by atoms with Gasteiger partial charge in [0.25, 0.3) is 0 Å². The Balaban J connectivity index is -0.00000264. The zero-order valence-electron chi connectivity index (χ0n) is 18.6. The van der Waals surface area contributed by atoms with Crippen molar-refractivity contribution in [1.29, 1.82) is 0 Å². The van der Waals surface area contributed by atoms with Crippen molar-refractivity contribution >= 4 is 5.97 Å². The number of aliphatic carboxylic acids is 1. The summed E-state index contributed by atoms with van der Waals surface area (Å²) in [5.74, 6) is -0.579. The average molecular weight is 366 g/mol. The molecule has 1 unspecified atom stereocenters. The van der Waals surface area contributed by atoms with Gasteiger partial charge in [-0.25, -0.2) is 0 Å². The number of hydrogen-bond acceptors (Lipinski definition) is 2. The Kier molecular flexibility index (Phi) is 22.9. The van der Waals surface area contributed by atoms with Gasteiger partial charge in [-0.05, 0) is 18.9 Å². The molecule has 0 saturated carbocycles. The molecule has 0 aromatic heterocycles. The topological polar surface area (TPSA) is 49.3 Å². The van der Waals surface area contributed by atoms with Gasteiger partial charge in [-0.1, -0.05) is 104 Å². The maximum Gasteiger partial charge on any atom is 1.00 e. The first-order valence-electron chi connectivity index (χ1n) is 10.6. The van der Waals surface area contributed by atoms with E-state index in [1.165, 1.54) is 83.5 Å². The fourth-order valence-corrected chi connectivity index (χ4v) is 3.19. The summed E-state index contributed by atoms with van der Waals surface area (Å²) in [5, 5.41) is 12.3. The molecule has 0 aliphatic rings. The second-order valence-corrected chi connectivity index (χ2v) is 7.61. The molecule has 0 heterocycles. The number of rotatable bonds is 18. The van der Waals surface area contributed by atoms with E-state index in [1.807, 2.05) is 13.8 Å². The Morgan fingerprint density at radius 3 is 1.48 bits per heavy atom. The normalized spacial score (nSPS) is 12.2. The number of unbranched alkanes of at least 4 members (excludes halogenated alkanes) is 13. The molecule has 2 N–H and O–H groups in total. The molecule has 4 heteroatoms. The molecule has 0 aromatic rings. The minimum atomic E-state index is -0.727. The molecule has 0 amide bonds. The molecular weight excluding hydrogens is 321 g/mol. The SMILES string of the molecule is CCCCCCCCCCCCCCCCNC(C(=O)O)C(C)C.[H-].[Na+]. The van der Waals surface area contributed by atoms with E-state index in [-0.39, 0.29) is 36.9 Å². The summed E-state index contributed by atoms with van der Waals surface area (Å²) in [6.07, 6.45) is 19.0. The zero-order valence-corrected chi connectivity index (χ0v) is 19.6. The van der Waals surface area contributed by atoms with Crippen LogP contribution >= 0.6 is 0 Å². The van der Waals surface area contributed by atoms with Crippen LogP contribution in [-0.4, -0.2) is 23.7 Å². The van der Waals surface area contributed by atoms with Crippen LogP contribution in [0, 0.1) is 5.92 Å². The molecule has 0 saturated heterocycles. The van der Waals surface area contributed by atoms with E-state index >= 15 is 0 Å².